The largest absolute Gasteiger partial charge is 0.492 e. The number of amides is 1. The lowest BCUT2D eigenvalue weighted by molar-refractivity contribution is -0.126. The van der Waals surface area contributed by atoms with E-state index in [1.54, 1.807) is 0 Å². The number of sulfonamides is 1. The van der Waals surface area contributed by atoms with Gasteiger partial charge < -0.3 is 10.1 Å². The van der Waals surface area contributed by atoms with E-state index in [0.717, 1.165) is 6.26 Å². The van der Waals surface area contributed by atoms with Gasteiger partial charge in [-0.25, -0.2) is 17.1 Å². The topological polar surface area (TPSA) is 75.7 Å². The van der Waals surface area contributed by atoms with E-state index >= 15 is 0 Å². The molecule has 8 heteroatoms. The van der Waals surface area contributed by atoms with Gasteiger partial charge in [-0.2, -0.15) is 0 Å². The predicted octanol–water partition coefficient (Wildman–Crippen LogP) is 0.992. The first-order valence-electron chi connectivity index (χ1n) is 7.47. The van der Waals surface area contributed by atoms with Crippen LogP contribution in [0.15, 0.2) is 24.3 Å². The quantitative estimate of drug-likeness (QED) is 0.781. The smallest absolute Gasteiger partial charge is 0.224 e. The second kappa shape index (κ2) is 7.74. The number of nitrogens with zero attached hydrogens (tertiary/aromatic N) is 1. The van der Waals surface area contributed by atoms with Crippen LogP contribution in [-0.2, 0) is 14.8 Å². The van der Waals surface area contributed by atoms with E-state index in [2.05, 4.69) is 5.32 Å². The van der Waals surface area contributed by atoms with E-state index in [4.69, 9.17) is 4.74 Å². The highest BCUT2D eigenvalue weighted by Gasteiger charge is 2.29. The van der Waals surface area contributed by atoms with Crippen LogP contribution in [0.3, 0.4) is 0 Å². The van der Waals surface area contributed by atoms with E-state index in [9.17, 15) is 17.6 Å². The highest BCUT2D eigenvalue weighted by molar-refractivity contribution is 7.88. The normalized spacial score (nSPS) is 19.3. The fourth-order valence-electron chi connectivity index (χ4n) is 2.48. The molecule has 0 unspecified atom stereocenters. The molecule has 128 valence electrons. The molecule has 1 fully saturated rings. The summed E-state index contributed by atoms with van der Waals surface area (Å²) in [6.07, 6.45) is 2.51. The van der Waals surface area contributed by atoms with Gasteiger partial charge in [-0.15, -0.1) is 0 Å². The fraction of sp³-hybridized carbons (Fsp3) is 0.533. The van der Waals surface area contributed by atoms with Crippen molar-refractivity contribution in [3.63, 3.8) is 0 Å². The maximum Gasteiger partial charge on any atom is 0.224 e. The molecule has 1 aliphatic heterocycles. The minimum absolute atomic E-state index is 0.166. The summed E-state index contributed by atoms with van der Waals surface area (Å²) in [5, 5.41) is 2.75. The van der Waals surface area contributed by atoms with Gasteiger partial charge in [0, 0.05) is 13.1 Å². The second-order valence-corrected chi connectivity index (χ2v) is 7.54. The van der Waals surface area contributed by atoms with Gasteiger partial charge in [0.1, 0.15) is 18.2 Å². The van der Waals surface area contributed by atoms with Crippen LogP contribution in [0.4, 0.5) is 4.39 Å². The van der Waals surface area contributed by atoms with E-state index in [-0.39, 0.29) is 30.8 Å². The summed E-state index contributed by atoms with van der Waals surface area (Å²) in [5.74, 6) is -0.301. The lowest BCUT2D eigenvalue weighted by atomic mass is 9.99. The summed E-state index contributed by atoms with van der Waals surface area (Å²) in [4.78, 5) is 12.1. The van der Waals surface area contributed by atoms with Crippen LogP contribution in [-0.4, -0.2) is 51.1 Å². The first-order valence-corrected chi connectivity index (χ1v) is 9.32. The number of piperidine rings is 1. The summed E-state index contributed by atoms with van der Waals surface area (Å²) < 4.78 is 42.6. The number of halogens is 1. The van der Waals surface area contributed by atoms with Crippen molar-refractivity contribution in [1.29, 1.82) is 0 Å². The third-order valence-corrected chi connectivity index (χ3v) is 4.98. The van der Waals surface area contributed by atoms with Crippen LogP contribution in [0, 0.1) is 11.7 Å². The molecular formula is C15H21FN2O4S. The number of carbonyl (C=O) groups is 1. The molecule has 1 N–H and O–H groups in total. The van der Waals surface area contributed by atoms with E-state index in [1.165, 1.54) is 28.6 Å². The Labute approximate surface area is 135 Å². The van der Waals surface area contributed by atoms with Crippen molar-refractivity contribution in [3.8, 4) is 5.75 Å². The Morgan fingerprint density at radius 2 is 2.09 bits per heavy atom. The molecule has 1 aromatic carbocycles. The van der Waals surface area contributed by atoms with Crippen molar-refractivity contribution in [2.24, 2.45) is 5.92 Å². The highest BCUT2D eigenvalue weighted by atomic mass is 32.2. The molecule has 2 rings (SSSR count). The summed E-state index contributed by atoms with van der Waals surface area (Å²) in [5.41, 5.74) is 0. The second-order valence-electron chi connectivity index (χ2n) is 5.55. The molecule has 0 spiro atoms. The minimum Gasteiger partial charge on any atom is -0.492 e. The Kier molecular flexibility index (Phi) is 5.95. The molecule has 1 saturated heterocycles. The van der Waals surface area contributed by atoms with Gasteiger partial charge in [0.2, 0.25) is 15.9 Å². The maximum absolute atomic E-state index is 12.7. The van der Waals surface area contributed by atoms with Crippen LogP contribution in [0.5, 0.6) is 5.75 Å². The molecule has 1 amide bonds. The predicted molar refractivity (Wildman–Crippen MR) is 84.0 cm³/mol. The molecule has 0 aliphatic carbocycles. The number of hydrogen-bond donors (Lipinski definition) is 1. The van der Waals surface area contributed by atoms with E-state index < -0.39 is 10.0 Å². The minimum atomic E-state index is -3.26. The Hall–Kier alpha value is -1.67. The van der Waals surface area contributed by atoms with E-state index in [1.807, 2.05) is 0 Å². The van der Waals surface area contributed by atoms with Gasteiger partial charge in [-0.3, -0.25) is 4.79 Å². The lowest BCUT2D eigenvalue weighted by Crippen LogP contribution is -2.45. The highest BCUT2D eigenvalue weighted by Crippen LogP contribution is 2.18. The van der Waals surface area contributed by atoms with Crippen molar-refractivity contribution >= 4 is 15.9 Å². The fourth-order valence-corrected chi connectivity index (χ4v) is 3.39. The Morgan fingerprint density at radius 3 is 2.74 bits per heavy atom. The first-order chi connectivity index (χ1) is 10.9. The zero-order chi connectivity index (χ0) is 16.9. The van der Waals surface area contributed by atoms with Gasteiger partial charge in [-0.1, -0.05) is 0 Å². The van der Waals surface area contributed by atoms with Crippen molar-refractivity contribution in [2.75, 3.05) is 32.5 Å². The molecule has 23 heavy (non-hydrogen) atoms. The van der Waals surface area contributed by atoms with Crippen molar-refractivity contribution in [1.82, 2.24) is 9.62 Å². The summed E-state index contributed by atoms with van der Waals surface area (Å²) in [6, 6.07) is 5.63. The van der Waals surface area contributed by atoms with Crippen LogP contribution >= 0.6 is 0 Å². The number of carbonyl (C=O) groups excluding carboxylic acids is 1. The Balaban J connectivity index is 1.73. The van der Waals surface area contributed by atoms with Crippen LogP contribution in [0.25, 0.3) is 0 Å². The Morgan fingerprint density at radius 1 is 1.39 bits per heavy atom. The van der Waals surface area contributed by atoms with Crippen LogP contribution < -0.4 is 10.1 Å². The zero-order valence-corrected chi connectivity index (χ0v) is 13.8. The van der Waals surface area contributed by atoms with Crippen molar-refractivity contribution in [3.05, 3.63) is 30.1 Å². The molecule has 1 aromatic rings. The number of rotatable bonds is 6. The summed E-state index contributed by atoms with van der Waals surface area (Å²) in [7, 11) is -3.26. The molecular weight excluding hydrogens is 323 g/mol. The lowest BCUT2D eigenvalue weighted by Gasteiger charge is -2.30. The maximum atomic E-state index is 12.7. The third kappa shape index (κ3) is 5.47. The van der Waals surface area contributed by atoms with Crippen LogP contribution in [0.2, 0.25) is 0 Å². The third-order valence-electron chi connectivity index (χ3n) is 3.71. The Bertz CT molecular complexity index is 633. The molecule has 1 atom stereocenters. The molecule has 0 saturated carbocycles. The number of benzene rings is 1. The average molecular weight is 344 g/mol. The number of nitrogens with one attached hydrogen (secondary N) is 1. The van der Waals surface area contributed by atoms with E-state index in [0.29, 0.717) is 31.7 Å². The summed E-state index contributed by atoms with van der Waals surface area (Å²) in [6.45, 7) is 1.27. The average Bonchev–Trinajstić information content (AvgIpc) is 2.52. The monoisotopic (exact) mass is 344 g/mol. The molecule has 1 aliphatic rings. The molecule has 0 radical (unpaired) electrons. The van der Waals surface area contributed by atoms with Crippen molar-refractivity contribution < 1.29 is 22.3 Å². The SMILES string of the molecule is CS(=O)(=O)N1CCC[C@H](C(=O)NCCOc2ccc(F)cc2)C1. The molecule has 6 nitrogen and oxygen atoms in total. The number of ether oxygens (including phenoxy) is 1. The first kappa shape index (κ1) is 17.7. The molecule has 0 aromatic heterocycles. The van der Waals surface area contributed by atoms with Gasteiger partial charge in [0.25, 0.3) is 0 Å². The molecule has 0 bridgehead atoms. The zero-order valence-electron chi connectivity index (χ0n) is 13.0. The standard InChI is InChI=1S/C15H21FN2O4S/c1-23(20,21)18-9-2-3-12(11-18)15(19)17-8-10-22-14-6-4-13(16)5-7-14/h4-7,12H,2-3,8-11H2,1H3,(H,17,19)/t12-/m0/s1. The van der Waals surface area contributed by atoms with Crippen molar-refractivity contribution in [2.45, 2.75) is 12.8 Å². The summed E-state index contributed by atoms with van der Waals surface area (Å²) >= 11 is 0. The van der Waals surface area contributed by atoms with Gasteiger partial charge in [0.15, 0.2) is 0 Å². The number of hydrogen-bond acceptors (Lipinski definition) is 4. The van der Waals surface area contributed by atoms with Gasteiger partial charge >= 0.3 is 0 Å². The van der Waals surface area contributed by atoms with Gasteiger partial charge in [-0.05, 0) is 37.1 Å². The molecule has 1 heterocycles. The van der Waals surface area contributed by atoms with Gasteiger partial charge in [0.05, 0.1) is 18.7 Å². The van der Waals surface area contributed by atoms with Crippen LogP contribution in [0.1, 0.15) is 12.8 Å².